The van der Waals surface area contributed by atoms with Gasteiger partial charge in [0, 0.05) is 38.6 Å². The van der Waals surface area contributed by atoms with Gasteiger partial charge < -0.3 is 10.0 Å². The molecule has 0 bridgehead atoms. The van der Waals surface area contributed by atoms with Crippen LogP contribution in [0.5, 0.6) is 0 Å². The van der Waals surface area contributed by atoms with Crippen LogP contribution in [0.15, 0.2) is 0 Å². The molecule has 1 aliphatic heterocycles. The number of piperazine rings is 1. The van der Waals surface area contributed by atoms with Gasteiger partial charge in [-0.15, -0.1) is 0 Å². The number of unbranched alkanes of at least 4 members (excludes halogenated alkanes) is 2. The molecule has 98 valence electrons. The molecule has 1 N–H and O–H groups in total. The van der Waals surface area contributed by atoms with Crippen LogP contribution in [0.3, 0.4) is 0 Å². The van der Waals surface area contributed by atoms with Gasteiger partial charge in [-0.2, -0.15) is 0 Å². The normalized spacial score (nSPS) is 22.8. The van der Waals surface area contributed by atoms with Crippen molar-refractivity contribution in [1.82, 2.24) is 9.80 Å². The molecule has 0 amide bonds. The van der Waals surface area contributed by atoms with Crippen molar-refractivity contribution in [2.45, 2.75) is 44.6 Å². The van der Waals surface area contributed by atoms with Crippen LogP contribution in [-0.4, -0.2) is 59.6 Å². The second-order valence-corrected chi connectivity index (χ2v) is 5.31. The Morgan fingerprint density at radius 3 is 2.35 bits per heavy atom. The number of hydrogen-bond acceptors (Lipinski definition) is 3. The first-order valence-electron chi connectivity index (χ1n) is 6.94. The number of aliphatic carboxylic acids is 1. The Kier molecular flexibility index (Phi) is 4.80. The van der Waals surface area contributed by atoms with Gasteiger partial charge in [0.1, 0.15) is 0 Å². The zero-order valence-electron chi connectivity index (χ0n) is 10.6. The smallest absolute Gasteiger partial charge is 0.303 e. The molecule has 2 fully saturated rings. The SMILES string of the molecule is O=C(O)CCCCCN1CCN(C2CC2)CC1. The maximum absolute atomic E-state index is 10.4. The van der Waals surface area contributed by atoms with Gasteiger partial charge in [0.25, 0.3) is 0 Å². The highest BCUT2D eigenvalue weighted by molar-refractivity contribution is 5.66. The first-order valence-corrected chi connectivity index (χ1v) is 6.94. The van der Waals surface area contributed by atoms with Gasteiger partial charge in [-0.3, -0.25) is 9.69 Å². The molecular formula is C13H24N2O2. The Labute approximate surface area is 104 Å². The zero-order chi connectivity index (χ0) is 12.1. The highest BCUT2D eigenvalue weighted by Gasteiger charge is 2.30. The number of rotatable bonds is 7. The van der Waals surface area contributed by atoms with E-state index in [1.807, 2.05) is 0 Å². The topological polar surface area (TPSA) is 43.8 Å². The molecule has 2 rings (SSSR count). The lowest BCUT2D eigenvalue weighted by Gasteiger charge is -2.34. The lowest BCUT2D eigenvalue weighted by Crippen LogP contribution is -2.47. The number of nitrogens with zero attached hydrogens (tertiary/aromatic N) is 2. The Morgan fingerprint density at radius 1 is 1.06 bits per heavy atom. The summed E-state index contributed by atoms with van der Waals surface area (Å²) in [7, 11) is 0. The van der Waals surface area contributed by atoms with Gasteiger partial charge in [-0.1, -0.05) is 6.42 Å². The van der Waals surface area contributed by atoms with Crippen molar-refractivity contribution < 1.29 is 9.90 Å². The molecule has 0 aromatic carbocycles. The van der Waals surface area contributed by atoms with E-state index in [9.17, 15) is 4.79 Å². The number of hydrogen-bond donors (Lipinski definition) is 1. The molecular weight excluding hydrogens is 216 g/mol. The standard InChI is InChI=1S/C13H24N2O2/c16-13(17)4-2-1-3-7-14-8-10-15(11-9-14)12-5-6-12/h12H,1-11H2,(H,16,17). The maximum Gasteiger partial charge on any atom is 0.303 e. The van der Waals surface area contributed by atoms with E-state index >= 15 is 0 Å². The second-order valence-electron chi connectivity index (χ2n) is 5.31. The molecule has 0 atom stereocenters. The van der Waals surface area contributed by atoms with Crippen LogP contribution in [0.2, 0.25) is 0 Å². The van der Waals surface area contributed by atoms with E-state index in [4.69, 9.17) is 5.11 Å². The fourth-order valence-corrected chi connectivity index (χ4v) is 2.58. The third kappa shape index (κ3) is 4.64. The lowest BCUT2D eigenvalue weighted by atomic mass is 10.2. The van der Waals surface area contributed by atoms with Crippen molar-refractivity contribution in [2.24, 2.45) is 0 Å². The molecule has 4 nitrogen and oxygen atoms in total. The summed E-state index contributed by atoms with van der Waals surface area (Å²) in [4.78, 5) is 15.5. The van der Waals surface area contributed by atoms with E-state index < -0.39 is 5.97 Å². The van der Waals surface area contributed by atoms with Gasteiger partial charge in [0.05, 0.1) is 0 Å². The minimum Gasteiger partial charge on any atom is -0.481 e. The Bertz CT molecular complexity index is 246. The lowest BCUT2D eigenvalue weighted by molar-refractivity contribution is -0.137. The molecule has 0 spiro atoms. The fraction of sp³-hybridized carbons (Fsp3) is 0.923. The van der Waals surface area contributed by atoms with Gasteiger partial charge in [0.15, 0.2) is 0 Å². The van der Waals surface area contributed by atoms with Crippen molar-refractivity contribution >= 4 is 5.97 Å². The third-order valence-electron chi connectivity index (χ3n) is 3.84. The summed E-state index contributed by atoms with van der Waals surface area (Å²) < 4.78 is 0. The molecule has 0 unspecified atom stereocenters. The summed E-state index contributed by atoms with van der Waals surface area (Å²) in [5.74, 6) is -0.664. The number of carbonyl (C=O) groups is 1. The molecule has 0 radical (unpaired) electrons. The molecule has 2 aliphatic rings. The van der Waals surface area contributed by atoms with Crippen LogP contribution < -0.4 is 0 Å². The summed E-state index contributed by atoms with van der Waals surface area (Å²) in [6.45, 7) is 6.03. The Hall–Kier alpha value is -0.610. The average Bonchev–Trinajstić information content (AvgIpc) is 3.13. The summed E-state index contributed by atoms with van der Waals surface area (Å²) in [6, 6.07) is 0.910. The molecule has 0 aromatic rings. The van der Waals surface area contributed by atoms with Crippen molar-refractivity contribution in [3.8, 4) is 0 Å². The van der Waals surface area contributed by atoms with Crippen LogP contribution in [0.4, 0.5) is 0 Å². The summed E-state index contributed by atoms with van der Waals surface area (Å²) in [5, 5.41) is 8.53. The quantitative estimate of drug-likeness (QED) is 0.683. The first-order chi connectivity index (χ1) is 8.25. The van der Waals surface area contributed by atoms with E-state index in [-0.39, 0.29) is 0 Å². The minimum atomic E-state index is -0.664. The second kappa shape index (κ2) is 6.36. The van der Waals surface area contributed by atoms with Crippen molar-refractivity contribution in [1.29, 1.82) is 0 Å². The van der Waals surface area contributed by atoms with E-state index in [2.05, 4.69) is 9.80 Å². The maximum atomic E-state index is 10.4. The van der Waals surface area contributed by atoms with Crippen LogP contribution in [0, 0.1) is 0 Å². The summed E-state index contributed by atoms with van der Waals surface area (Å²) in [6.07, 6.45) is 6.18. The van der Waals surface area contributed by atoms with E-state index in [0.29, 0.717) is 6.42 Å². The van der Waals surface area contributed by atoms with Crippen LogP contribution in [0.1, 0.15) is 38.5 Å². The molecule has 1 saturated carbocycles. The highest BCUT2D eigenvalue weighted by atomic mass is 16.4. The molecule has 1 saturated heterocycles. The van der Waals surface area contributed by atoms with Crippen LogP contribution in [0.25, 0.3) is 0 Å². The highest BCUT2D eigenvalue weighted by Crippen LogP contribution is 2.27. The number of carboxylic acids is 1. The predicted octanol–water partition coefficient (Wildman–Crippen LogP) is 1.41. The fourth-order valence-electron chi connectivity index (χ4n) is 2.58. The minimum absolute atomic E-state index is 0.329. The van der Waals surface area contributed by atoms with Crippen LogP contribution >= 0.6 is 0 Å². The van der Waals surface area contributed by atoms with Gasteiger partial charge in [-0.05, 0) is 32.2 Å². The largest absolute Gasteiger partial charge is 0.481 e. The molecule has 1 aliphatic carbocycles. The van der Waals surface area contributed by atoms with Crippen molar-refractivity contribution in [2.75, 3.05) is 32.7 Å². The molecule has 4 heteroatoms. The van der Waals surface area contributed by atoms with Crippen molar-refractivity contribution in [3.05, 3.63) is 0 Å². The Balaban J connectivity index is 1.48. The number of carboxylic acid groups (broad SMARTS) is 1. The van der Waals surface area contributed by atoms with E-state index in [1.165, 1.54) is 39.0 Å². The van der Waals surface area contributed by atoms with E-state index in [1.54, 1.807) is 0 Å². The Morgan fingerprint density at radius 2 is 1.76 bits per heavy atom. The monoisotopic (exact) mass is 240 g/mol. The third-order valence-corrected chi connectivity index (χ3v) is 3.84. The first kappa shape index (κ1) is 12.8. The zero-order valence-corrected chi connectivity index (χ0v) is 10.6. The predicted molar refractivity (Wildman–Crippen MR) is 67.1 cm³/mol. The molecule has 0 aromatic heterocycles. The van der Waals surface area contributed by atoms with Gasteiger partial charge in [-0.25, -0.2) is 0 Å². The van der Waals surface area contributed by atoms with E-state index in [0.717, 1.165) is 31.8 Å². The van der Waals surface area contributed by atoms with Gasteiger partial charge >= 0.3 is 5.97 Å². The van der Waals surface area contributed by atoms with Crippen molar-refractivity contribution in [3.63, 3.8) is 0 Å². The molecule has 1 heterocycles. The van der Waals surface area contributed by atoms with Crippen LogP contribution in [-0.2, 0) is 4.79 Å². The summed E-state index contributed by atoms with van der Waals surface area (Å²) >= 11 is 0. The van der Waals surface area contributed by atoms with Gasteiger partial charge in [0.2, 0.25) is 0 Å². The average molecular weight is 240 g/mol. The molecule has 17 heavy (non-hydrogen) atoms. The summed E-state index contributed by atoms with van der Waals surface area (Å²) in [5.41, 5.74) is 0.